The first-order chi connectivity index (χ1) is 12.2. The second kappa shape index (κ2) is 11.4. The monoisotopic (exact) mass is 472 g/mol. The summed E-state index contributed by atoms with van der Waals surface area (Å²) in [6.07, 6.45) is 1.76. The maximum Gasteiger partial charge on any atom is 0.212 e. The number of aliphatic imine (C=N–C) groups is 1. The third-order valence-corrected chi connectivity index (χ3v) is 3.42. The van der Waals surface area contributed by atoms with Gasteiger partial charge in [-0.2, -0.15) is 0 Å². The molecule has 7 nitrogen and oxygen atoms in total. The van der Waals surface area contributed by atoms with E-state index in [1.807, 2.05) is 37.3 Å². The Morgan fingerprint density at radius 3 is 2.50 bits per heavy atom. The summed E-state index contributed by atoms with van der Waals surface area (Å²) in [7, 11) is 4.93. The van der Waals surface area contributed by atoms with Crippen molar-refractivity contribution in [1.82, 2.24) is 10.3 Å². The van der Waals surface area contributed by atoms with Gasteiger partial charge in [0, 0.05) is 37.6 Å². The van der Waals surface area contributed by atoms with Crippen LogP contribution in [0.15, 0.2) is 41.5 Å². The number of nitrogens with one attached hydrogen (secondary N) is 2. The molecule has 0 aliphatic carbocycles. The van der Waals surface area contributed by atoms with Crippen LogP contribution in [0.25, 0.3) is 0 Å². The molecule has 2 rings (SSSR count). The van der Waals surface area contributed by atoms with Crippen LogP contribution in [0.2, 0.25) is 0 Å². The van der Waals surface area contributed by atoms with Gasteiger partial charge in [-0.25, -0.2) is 4.98 Å². The van der Waals surface area contributed by atoms with E-state index >= 15 is 0 Å². The summed E-state index contributed by atoms with van der Waals surface area (Å²) < 4.78 is 15.9. The Bertz CT molecular complexity index is 708. The normalized spacial score (nSPS) is 10.5. The van der Waals surface area contributed by atoms with Gasteiger partial charge >= 0.3 is 0 Å². The lowest BCUT2D eigenvalue weighted by molar-refractivity contribution is 0.311. The first kappa shape index (κ1) is 21.8. The summed E-state index contributed by atoms with van der Waals surface area (Å²) in [5.41, 5.74) is 1.87. The van der Waals surface area contributed by atoms with E-state index in [9.17, 15) is 0 Å². The number of rotatable bonds is 7. The lowest BCUT2D eigenvalue weighted by atomic mass is 10.2. The minimum Gasteiger partial charge on any atom is -0.493 e. The lowest BCUT2D eigenvalue weighted by Gasteiger charge is -2.14. The van der Waals surface area contributed by atoms with E-state index in [0.717, 1.165) is 11.3 Å². The van der Waals surface area contributed by atoms with Crippen LogP contribution < -0.4 is 24.8 Å². The molecule has 1 heterocycles. The Kier molecular flexibility index (Phi) is 9.56. The highest BCUT2D eigenvalue weighted by Crippen LogP contribution is 2.30. The summed E-state index contributed by atoms with van der Waals surface area (Å²) in [5, 5.41) is 6.46. The van der Waals surface area contributed by atoms with E-state index < -0.39 is 0 Å². The van der Waals surface area contributed by atoms with Crippen molar-refractivity contribution in [2.24, 2.45) is 4.99 Å². The fourth-order valence-electron chi connectivity index (χ4n) is 2.16. The van der Waals surface area contributed by atoms with Crippen molar-refractivity contribution >= 4 is 35.6 Å². The standard InChI is InChI=1S/C18H24N4O3.HI/c1-5-25-15-8-7-14(10-16(15)23-3)22-18(19-2)21-12-13-6-9-17(24-4)20-11-13;/h6-11H,5,12H2,1-4H3,(H2,19,21,22);1H. The number of methoxy groups -OCH3 is 2. The molecular weight excluding hydrogens is 447 g/mol. The Morgan fingerprint density at radius 1 is 1.12 bits per heavy atom. The second-order valence-corrected chi connectivity index (χ2v) is 5.06. The lowest BCUT2D eigenvalue weighted by Crippen LogP contribution is -2.30. The molecule has 0 amide bonds. The molecule has 0 atom stereocenters. The molecule has 0 radical (unpaired) electrons. The fraction of sp³-hybridized carbons (Fsp3) is 0.333. The highest BCUT2D eigenvalue weighted by molar-refractivity contribution is 14.0. The molecule has 0 aliphatic rings. The molecule has 8 heteroatoms. The third-order valence-electron chi connectivity index (χ3n) is 3.42. The van der Waals surface area contributed by atoms with Crippen LogP contribution >= 0.6 is 24.0 Å². The van der Waals surface area contributed by atoms with E-state index in [4.69, 9.17) is 14.2 Å². The van der Waals surface area contributed by atoms with Gasteiger partial charge in [-0.05, 0) is 24.6 Å². The predicted octanol–water partition coefficient (Wildman–Crippen LogP) is 3.30. The van der Waals surface area contributed by atoms with Crippen molar-refractivity contribution in [3.63, 3.8) is 0 Å². The minimum absolute atomic E-state index is 0. The van der Waals surface area contributed by atoms with E-state index in [1.165, 1.54) is 0 Å². The molecule has 142 valence electrons. The summed E-state index contributed by atoms with van der Waals surface area (Å²) >= 11 is 0. The summed E-state index contributed by atoms with van der Waals surface area (Å²) in [6.45, 7) is 3.11. The quantitative estimate of drug-likeness (QED) is 0.366. The molecule has 0 saturated carbocycles. The molecule has 0 saturated heterocycles. The molecule has 2 N–H and O–H groups in total. The molecule has 2 aromatic rings. The smallest absolute Gasteiger partial charge is 0.212 e. The van der Waals surface area contributed by atoms with E-state index in [-0.39, 0.29) is 24.0 Å². The van der Waals surface area contributed by atoms with Crippen LogP contribution in [0.4, 0.5) is 5.69 Å². The third kappa shape index (κ3) is 6.25. The van der Waals surface area contributed by atoms with Gasteiger partial charge in [0.05, 0.1) is 20.8 Å². The van der Waals surface area contributed by atoms with Crippen molar-refractivity contribution in [2.45, 2.75) is 13.5 Å². The van der Waals surface area contributed by atoms with Crippen LogP contribution in [-0.2, 0) is 6.54 Å². The molecule has 0 spiro atoms. The molecule has 0 fully saturated rings. The van der Waals surface area contributed by atoms with Crippen molar-refractivity contribution in [2.75, 3.05) is 33.2 Å². The fourth-order valence-corrected chi connectivity index (χ4v) is 2.16. The zero-order valence-electron chi connectivity index (χ0n) is 15.4. The number of guanidine groups is 1. The van der Waals surface area contributed by atoms with Crippen LogP contribution in [-0.4, -0.2) is 38.8 Å². The second-order valence-electron chi connectivity index (χ2n) is 5.06. The zero-order valence-corrected chi connectivity index (χ0v) is 17.7. The van der Waals surface area contributed by atoms with Crippen molar-refractivity contribution < 1.29 is 14.2 Å². The molecule has 26 heavy (non-hydrogen) atoms. The average molecular weight is 472 g/mol. The number of nitrogens with zero attached hydrogens (tertiary/aromatic N) is 2. The Balaban J connectivity index is 0.00000338. The Hall–Kier alpha value is -2.23. The SMILES string of the molecule is CCOc1ccc(NC(=NC)NCc2ccc(OC)nc2)cc1OC.I. The van der Waals surface area contributed by atoms with E-state index in [1.54, 1.807) is 27.5 Å². The number of hydrogen-bond acceptors (Lipinski definition) is 5. The van der Waals surface area contributed by atoms with Crippen LogP contribution in [0, 0.1) is 0 Å². The van der Waals surface area contributed by atoms with Crippen molar-refractivity contribution in [1.29, 1.82) is 0 Å². The number of pyridine rings is 1. The van der Waals surface area contributed by atoms with Gasteiger partial charge in [0.2, 0.25) is 5.88 Å². The number of hydrogen-bond donors (Lipinski definition) is 2. The molecule has 0 unspecified atom stereocenters. The number of halogens is 1. The maximum atomic E-state index is 5.52. The molecule has 0 aliphatic heterocycles. The Labute approximate surface area is 171 Å². The van der Waals surface area contributed by atoms with Gasteiger partial charge in [-0.1, -0.05) is 6.07 Å². The van der Waals surface area contributed by atoms with Crippen LogP contribution in [0.5, 0.6) is 17.4 Å². The van der Waals surface area contributed by atoms with Gasteiger partial charge in [-0.15, -0.1) is 24.0 Å². The largest absolute Gasteiger partial charge is 0.493 e. The van der Waals surface area contributed by atoms with Gasteiger partial charge < -0.3 is 24.8 Å². The zero-order chi connectivity index (χ0) is 18.1. The Morgan fingerprint density at radius 2 is 1.92 bits per heavy atom. The number of anilines is 1. The van der Waals surface area contributed by atoms with Gasteiger partial charge in [-0.3, -0.25) is 4.99 Å². The van der Waals surface area contributed by atoms with Gasteiger partial charge in [0.1, 0.15) is 0 Å². The van der Waals surface area contributed by atoms with Crippen LogP contribution in [0.3, 0.4) is 0 Å². The van der Waals surface area contributed by atoms with Crippen LogP contribution in [0.1, 0.15) is 12.5 Å². The highest BCUT2D eigenvalue weighted by atomic mass is 127. The summed E-state index contributed by atoms with van der Waals surface area (Å²) in [5.74, 6) is 2.61. The highest BCUT2D eigenvalue weighted by Gasteiger charge is 2.07. The molecule has 1 aromatic heterocycles. The van der Waals surface area contributed by atoms with Gasteiger partial charge in [0.15, 0.2) is 17.5 Å². The van der Waals surface area contributed by atoms with E-state index in [2.05, 4.69) is 20.6 Å². The first-order valence-corrected chi connectivity index (χ1v) is 7.97. The van der Waals surface area contributed by atoms with E-state index in [0.29, 0.717) is 36.5 Å². The number of benzene rings is 1. The summed E-state index contributed by atoms with van der Waals surface area (Å²) in [6, 6.07) is 9.42. The number of ether oxygens (including phenoxy) is 3. The van der Waals surface area contributed by atoms with Crippen molar-refractivity contribution in [3.05, 3.63) is 42.1 Å². The van der Waals surface area contributed by atoms with Gasteiger partial charge in [0.25, 0.3) is 0 Å². The molecule has 0 bridgehead atoms. The first-order valence-electron chi connectivity index (χ1n) is 7.97. The summed E-state index contributed by atoms with van der Waals surface area (Å²) in [4.78, 5) is 8.41. The minimum atomic E-state index is 0. The number of aromatic nitrogens is 1. The van der Waals surface area contributed by atoms with Crippen molar-refractivity contribution in [3.8, 4) is 17.4 Å². The predicted molar refractivity (Wildman–Crippen MR) is 114 cm³/mol. The molecule has 1 aromatic carbocycles. The average Bonchev–Trinajstić information content (AvgIpc) is 2.66. The maximum absolute atomic E-state index is 5.52. The topological polar surface area (TPSA) is 77.0 Å². The molecular formula is C18H25IN4O3.